The molecule has 1 fully saturated rings. The second kappa shape index (κ2) is 8.47. The molecular weight excluding hydrogens is 402 g/mol. The smallest absolute Gasteiger partial charge is 0.209 e. The Balaban J connectivity index is 2.02. The molecule has 1 atom stereocenters. The summed E-state index contributed by atoms with van der Waals surface area (Å²) in [6.45, 7) is 5.41. The number of amides is 1. The standard InChI is InChI=1S/C19H23BrClN3O/c1-14-2-3-15-12-16(21)4-5-17(15)19(18(14)22-7-6-20)24-10-8-23(13-25)9-11-24/h4-5,7,12-13,19H,2-3,6,8-11H2,1H3. The average Bonchev–Trinajstić information content (AvgIpc) is 2.76. The number of rotatable bonds is 4. The van der Waals surface area contributed by atoms with E-state index in [1.54, 1.807) is 0 Å². The van der Waals surface area contributed by atoms with E-state index in [1.807, 2.05) is 17.2 Å². The van der Waals surface area contributed by atoms with E-state index in [9.17, 15) is 4.79 Å². The van der Waals surface area contributed by atoms with Crippen molar-refractivity contribution in [3.8, 4) is 0 Å². The summed E-state index contributed by atoms with van der Waals surface area (Å²) < 4.78 is 0. The summed E-state index contributed by atoms with van der Waals surface area (Å²) in [5.41, 5.74) is 5.06. The molecule has 1 aliphatic heterocycles. The van der Waals surface area contributed by atoms with Crippen LogP contribution in [0.2, 0.25) is 5.02 Å². The number of aryl methyl sites for hydroxylation is 1. The second-order valence-electron chi connectivity index (χ2n) is 6.55. The van der Waals surface area contributed by atoms with E-state index in [4.69, 9.17) is 16.6 Å². The van der Waals surface area contributed by atoms with Crippen LogP contribution in [0.25, 0.3) is 0 Å². The van der Waals surface area contributed by atoms with Gasteiger partial charge >= 0.3 is 0 Å². The van der Waals surface area contributed by atoms with Crippen molar-refractivity contribution in [1.82, 2.24) is 9.80 Å². The quantitative estimate of drug-likeness (QED) is 0.418. The highest BCUT2D eigenvalue weighted by Crippen LogP contribution is 2.39. The molecule has 1 amide bonds. The number of fused-ring (bicyclic) bond motifs is 1. The van der Waals surface area contributed by atoms with E-state index in [0.29, 0.717) is 0 Å². The minimum Gasteiger partial charge on any atom is -0.343 e. The molecule has 1 aliphatic carbocycles. The number of allylic oxidation sites excluding steroid dienone is 1. The first kappa shape index (κ1) is 18.6. The van der Waals surface area contributed by atoms with Crippen LogP contribution in [0.1, 0.15) is 30.5 Å². The van der Waals surface area contributed by atoms with Crippen molar-refractivity contribution >= 4 is 40.2 Å². The topological polar surface area (TPSA) is 35.9 Å². The maximum absolute atomic E-state index is 11.0. The van der Waals surface area contributed by atoms with Gasteiger partial charge in [0.15, 0.2) is 0 Å². The van der Waals surface area contributed by atoms with Crippen molar-refractivity contribution in [2.45, 2.75) is 25.8 Å². The Kier molecular flexibility index (Phi) is 6.31. The SMILES string of the molecule is CC1=C(N=CCBr)C(N2CCN(C=O)CC2)c2ccc(Cl)cc2CC1. The molecule has 1 unspecified atom stereocenters. The summed E-state index contributed by atoms with van der Waals surface area (Å²) in [6, 6.07) is 6.34. The summed E-state index contributed by atoms with van der Waals surface area (Å²) in [5.74, 6) is 0. The Bertz CT molecular complexity index is 696. The van der Waals surface area contributed by atoms with Gasteiger partial charge in [-0.25, -0.2) is 0 Å². The number of carbonyl (C=O) groups excluding carboxylic acids is 1. The van der Waals surface area contributed by atoms with Crippen molar-refractivity contribution in [2.75, 3.05) is 31.5 Å². The number of hydrogen-bond donors (Lipinski definition) is 0. The highest BCUT2D eigenvalue weighted by molar-refractivity contribution is 9.09. The molecule has 0 aromatic heterocycles. The maximum Gasteiger partial charge on any atom is 0.209 e. The van der Waals surface area contributed by atoms with Crippen LogP contribution in [0.15, 0.2) is 34.5 Å². The zero-order valence-corrected chi connectivity index (χ0v) is 16.8. The zero-order chi connectivity index (χ0) is 17.8. The zero-order valence-electron chi connectivity index (χ0n) is 14.4. The van der Waals surface area contributed by atoms with Crippen LogP contribution in [-0.2, 0) is 11.2 Å². The van der Waals surface area contributed by atoms with Crippen molar-refractivity contribution in [1.29, 1.82) is 0 Å². The van der Waals surface area contributed by atoms with Gasteiger partial charge in [-0.1, -0.05) is 33.6 Å². The monoisotopic (exact) mass is 423 g/mol. The molecule has 0 spiro atoms. The van der Waals surface area contributed by atoms with Crippen LogP contribution >= 0.6 is 27.5 Å². The first-order valence-corrected chi connectivity index (χ1v) is 10.1. The van der Waals surface area contributed by atoms with Gasteiger partial charge in [-0.15, -0.1) is 0 Å². The lowest BCUT2D eigenvalue weighted by atomic mass is 9.96. The van der Waals surface area contributed by atoms with Crippen molar-refractivity contribution in [3.63, 3.8) is 0 Å². The third-order valence-electron chi connectivity index (χ3n) is 5.03. The molecule has 4 nitrogen and oxygen atoms in total. The minimum atomic E-state index is 0.124. The van der Waals surface area contributed by atoms with Gasteiger partial charge in [-0.05, 0) is 48.6 Å². The number of aliphatic imine (C=N–C) groups is 1. The van der Waals surface area contributed by atoms with Gasteiger partial charge in [0.2, 0.25) is 6.41 Å². The van der Waals surface area contributed by atoms with Gasteiger partial charge in [0.25, 0.3) is 0 Å². The van der Waals surface area contributed by atoms with Crippen LogP contribution < -0.4 is 0 Å². The molecule has 1 saturated heterocycles. The molecule has 134 valence electrons. The summed E-state index contributed by atoms with van der Waals surface area (Å²) in [4.78, 5) is 20.1. The molecule has 0 saturated carbocycles. The van der Waals surface area contributed by atoms with Crippen molar-refractivity contribution in [2.24, 2.45) is 4.99 Å². The molecule has 6 heteroatoms. The van der Waals surface area contributed by atoms with Gasteiger partial charge in [0.1, 0.15) is 0 Å². The minimum absolute atomic E-state index is 0.124. The number of piperazine rings is 1. The van der Waals surface area contributed by atoms with Crippen LogP contribution in [0.5, 0.6) is 0 Å². The molecule has 0 N–H and O–H groups in total. The molecule has 25 heavy (non-hydrogen) atoms. The van der Waals surface area contributed by atoms with E-state index in [-0.39, 0.29) is 6.04 Å². The molecule has 0 bridgehead atoms. The molecule has 1 heterocycles. The molecule has 1 aromatic carbocycles. The Labute approximate surface area is 162 Å². The number of halogens is 2. The first-order chi connectivity index (χ1) is 12.1. The molecule has 1 aromatic rings. The number of carbonyl (C=O) groups is 1. The summed E-state index contributed by atoms with van der Waals surface area (Å²) in [7, 11) is 0. The van der Waals surface area contributed by atoms with E-state index >= 15 is 0 Å². The fourth-order valence-electron chi connectivity index (χ4n) is 3.67. The Morgan fingerprint density at radius 2 is 2.04 bits per heavy atom. The summed E-state index contributed by atoms with van der Waals surface area (Å²) in [5, 5.41) is 1.52. The number of hydrogen-bond acceptors (Lipinski definition) is 3. The normalized spacial score (nSPS) is 22.2. The van der Waals surface area contributed by atoms with Crippen LogP contribution in [-0.4, -0.2) is 53.9 Å². The summed E-state index contributed by atoms with van der Waals surface area (Å²) >= 11 is 9.69. The number of alkyl halides is 1. The predicted octanol–water partition coefficient (Wildman–Crippen LogP) is 3.84. The Hall–Kier alpha value is -1.17. The fraction of sp³-hybridized carbons (Fsp3) is 0.474. The number of benzene rings is 1. The maximum atomic E-state index is 11.0. The lowest BCUT2D eigenvalue weighted by Gasteiger charge is -2.39. The highest BCUT2D eigenvalue weighted by atomic mass is 79.9. The van der Waals surface area contributed by atoms with Gasteiger partial charge < -0.3 is 4.90 Å². The van der Waals surface area contributed by atoms with Crippen molar-refractivity contribution < 1.29 is 4.79 Å². The fourth-order valence-corrected chi connectivity index (χ4v) is 4.01. The molecular formula is C19H23BrClN3O. The third-order valence-corrected chi connectivity index (χ3v) is 5.55. The van der Waals surface area contributed by atoms with Crippen molar-refractivity contribution in [3.05, 3.63) is 45.6 Å². The van der Waals surface area contributed by atoms with Crippen LogP contribution in [0.3, 0.4) is 0 Å². The van der Waals surface area contributed by atoms with E-state index < -0.39 is 0 Å². The first-order valence-electron chi connectivity index (χ1n) is 8.64. The average molecular weight is 425 g/mol. The molecule has 2 aliphatic rings. The van der Waals surface area contributed by atoms with Gasteiger partial charge in [0, 0.05) is 42.7 Å². The Morgan fingerprint density at radius 3 is 2.72 bits per heavy atom. The van der Waals surface area contributed by atoms with Gasteiger partial charge in [-0.3, -0.25) is 14.7 Å². The van der Waals surface area contributed by atoms with Crippen LogP contribution in [0, 0.1) is 0 Å². The molecule has 0 radical (unpaired) electrons. The lowest BCUT2D eigenvalue weighted by Crippen LogP contribution is -2.47. The molecule has 3 rings (SSSR count). The van der Waals surface area contributed by atoms with E-state index in [1.165, 1.54) is 16.7 Å². The number of nitrogens with zero attached hydrogens (tertiary/aromatic N) is 3. The van der Waals surface area contributed by atoms with E-state index in [2.05, 4.69) is 39.9 Å². The van der Waals surface area contributed by atoms with Crippen LogP contribution in [0.4, 0.5) is 0 Å². The highest BCUT2D eigenvalue weighted by Gasteiger charge is 2.31. The lowest BCUT2D eigenvalue weighted by molar-refractivity contribution is -0.119. The second-order valence-corrected chi connectivity index (χ2v) is 7.64. The Morgan fingerprint density at radius 1 is 1.28 bits per heavy atom. The van der Waals surface area contributed by atoms with Gasteiger partial charge in [-0.2, -0.15) is 0 Å². The largest absolute Gasteiger partial charge is 0.343 e. The predicted molar refractivity (Wildman–Crippen MR) is 107 cm³/mol. The summed E-state index contributed by atoms with van der Waals surface area (Å²) in [6.07, 6.45) is 4.85. The third kappa shape index (κ3) is 4.15. The van der Waals surface area contributed by atoms with Gasteiger partial charge in [0.05, 0.1) is 11.7 Å². The van der Waals surface area contributed by atoms with E-state index in [0.717, 1.165) is 61.5 Å².